The number of anilines is 2. The van der Waals surface area contributed by atoms with Crippen LogP contribution in [0.2, 0.25) is 5.02 Å². The van der Waals surface area contributed by atoms with E-state index in [4.69, 9.17) is 25.8 Å². The number of carbonyl (C=O) groups excluding carboxylic acids is 5. The van der Waals surface area contributed by atoms with Crippen LogP contribution in [-0.2, 0) is 45.3 Å². The molecule has 3 aromatic rings. The molecular weight excluding hydrogens is 854 g/mol. The summed E-state index contributed by atoms with van der Waals surface area (Å²) in [4.78, 5) is 67.8. The summed E-state index contributed by atoms with van der Waals surface area (Å²) in [6.07, 6.45) is 2.25. The lowest BCUT2D eigenvalue weighted by Crippen LogP contribution is -2.55. The van der Waals surface area contributed by atoms with Gasteiger partial charge in [-0.15, -0.1) is 0 Å². The van der Waals surface area contributed by atoms with Crippen molar-refractivity contribution in [2.45, 2.75) is 100 Å². The standard InChI is InChI=1S/C48H60ClN7O9/c1-47(2)48(35-16-13-31(49)27-37(35)53-46(48)62)40(29-7-4-3-5-8-29)41(55-47)44(60)52-32-14-11-30(12-15-32)42(58)51-20-22-64-24-26-65-25-23-63-21-19-50-36-10-6-9-33-34(36)28-56(45(33)61)38-17-18-39(57)54-43(38)59/h3-10,13,16,27,30,32,38,40-41,43,50,55,59H,11-12,14-15,17-26,28H2,1-2H3,(H,51,58)(H,52,60)(H,53,62)(H,54,57)/t30-,32-,38?,40-,41+,43?,48+/m0/s1. The number of rotatable bonds is 18. The van der Waals surface area contributed by atoms with Gasteiger partial charge in [0, 0.05) is 77.0 Å². The molecule has 2 saturated heterocycles. The van der Waals surface area contributed by atoms with Crippen molar-refractivity contribution in [1.29, 1.82) is 0 Å². The highest BCUT2D eigenvalue weighted by atomic mass is 35.5. The first-order chi connectivity index (χ1) is 31.4. The van der Waals surface area contributed by atoms with Crippen LogP contribution in [-0.4, -0.2) is 122 Å². The van der Waals surface area contributed by atoms with Crippen molar-refractivity contribution in [1.82, 2.24) is 26.2 Å². The van der Waals surface area contributed by atoms with Gasteiger partial charge in [0.25, 0.3) is 5.91 Å². The number of hydrogen-bond acceptors (Lipinski definition) is 11. The maximum absolute atomic E-state index is 14.2. The van der Waals surface area contributed by atoms with E-state index < -0.39 is 35.2 Å². The smallest absolute Gasteiger partial charge is 0.254 e. The number of hydrogen-bond donors (Lipinski definition) is 7. The summed E-state index contributed by atoms with van der Waals surface area (Å²) in [5.41, 5.74) is 2.83. The fourth-order valence-corrected chi connectivity index (χ4v) is 10.8. The molecule has 0 radical (unpaired) electrons. The molecule has 5 amide bonds. The van der Waals surface area contributed by atoms with Gasteiger partial charge in [-0.2, -0.15) is 0 Å². The second-order valence-electron chi connectivity index (χ2n) is 18.1. The second kappa shape index (κ2) is 20.2. The first kappa shape index (κ1) is 46.4. The zero-order chi connectivity index (χ0) is 45.7. The molecule has 17 heteroatoms. The lowest BCUT2D eigenvalue weighted by molar-refractivity contribution is -0.130. The summed E-state index contributed by atoms with van der Waals surface area (Å²) in [7, 11) is 0. The number of fused-ring (bicyclic) bond motifs is 3. The highest BCUT2D eigenvalue weighted by Crippen LogP contribution is 2.58. The average Bonchev–Trinajstić information content (AvgIpc) is 3.88. The van der Waals surface area contributed by atoms with Crippen LogP contribution in [0.15, 0.2) is 66.7 Å². The van der Waals surface area contributed by atoms with Crippen LogP contribution in [0.4, 0.5) is 11.4 Å². The molecule has 1 aliphatic carbocycles. The van der Waals surface area contributed by atoms with Gasteiger partial charge in [0.1, 0.15) is 11.6 Å². The average molecular weight is 915 g/mol. The highest BCUT2D eigenvalue weighted by Gasteiger charge is 2.69. The number of aliphatic hydroxyl groups is 1. The number of amides is 5. The van der Waals surface area contributed by atoms with Crippen molar-refractivity contribution < 1.29 is 43.3 Å². The molecule has 348 valence electrons. The summed E-state index contributed by atoms with van der Waals surface area (Å²) in [6.45, 7) is 7.61. The van der Waals surface area contributed by atoms with Crippen molar-refractivity contribution in [3.05, 3.63) is 94.0 Å². The lowest BCUT2D eigenvalue weighted by Gasteiger charge is -2.40. The Morgan fingerprint density at radius 2 is 1.55 bits per heavy atom. The molecule has 4 heterocycles. The molecule has 5 atom stereocenters. The lowest BCUT2D eigenvalue weighted by atomic mass is 9.60. The minimum atomic E-state index is -1.08. The SMILES string of the molecule is CC1(C)N[C@@H](C(=O)N[C@H]2CC[C@H](C(=O)NCCOCCOCCOCCNc3cccc4c3CN(C3CCC(=O)NC3O)C4=O)CC2)[C@H](c2ccccc2)[C@]12C(=O)Nc1cc(Cl)ccc12. The van der Waals surface area contributed by atoms with Crippen LogP contribution in [0.3, 0.4) is 0 Å². The molecule has 3 fully saturated rings. The summed E-state index contributed by atoms with van der Waals surface area (Å²) < 4.78 is 17.0. The fourth-order valence-electron chi connectivity index (χ4n) is 10.6. The van der Waals surface area contributed by atoms with E-state index in [-0.39, 0.29) is 47.9 Å². The van der Waals surface area contributed by atoms with Crippen LogP contribution in [0.1, 0.15) is 85.3 Å². The zero-order valence-corrected chi connectivity index (χ0v) is 37.7. The molecule has 0 bridgehead atoms. The number of halogens is 1. The Bertz CT molecular complexity index is 2240. The minimum absolute atomic E-state index is 0.0136. The van der Waals surface area contributed by atoms with Crippen molar-refractivity contribution >= 4 is 52.5 Å². The predicted molar refractivity (Wildman–Crippen MR) is 243 cm³/mol. The van der Waals surface area contributed by atoms with Gasteiger partial charge in [-0.1, -0.05) is 54.1 Å². The van der Waals surface area contributed by atoms with Gasteiger partial charge in [0.15, 0.2) is 0 Å². The number of ether oxygens (including phenoxy) is 3. The van der Waals surface area contributed by atoms with E-state index in [9.17, 15) is 29.1 Å². The summed E-state index contributed by atoms with van der Waals surface area (Å²) in [5.74, 6) is -1.34. The molecule has 1 spiro atoms. The van der Waals surface area contributed by atoms with Crippen LogP contribution in [0.25, 0.3) is 0 Å². The summed E-state index contributed by atoms with van der Waals surface area (Å²) in [5, 5.41) is 29.7. The Morgan fingerprint density at radius 3 is 2.28 bits per heavy atom. The van der Waals surface area contributed by atoms with Crippen molar-refractivity contribution in [3.8, 4) is 0 Å². The maximum Gasteiger partial charge on any atom is 0.254 e. The van der Waals surface area contributed by atoms with Gasteiger partial charge in [-0.25, -0.2) is 0 Å². The van der Waals surface area contributed by atoms with Gasteiger partial charge < -0.3 is 50.8 Å². The van der Waals surface area contributed by atoms with Crippen LogP contribution in [0, 0.1) is 5.92 Å². The molecule has 3 aromatic carbocycles. The van der Waals surface area contributed by atoms with Crippen LogP contribution in [0.5, 0.6) is 0 Å². The maximum atomic E-state index is 14.2. The number of nitrogens with one attached hydrogen (secondary N) is 6. The largest absolute Gasteiger partial charge is 0.382 e. The normalized spacial score (nSPS) is 26.6. The molecule has 5 aliphatic rings. The van der Waals surface area contributed by atoms with Crippen molar-refractivity contribution in [2.75, 3.05) is 63.4 Å². The molecule has 1 saturated carbocycles. The van der Waals surface area contributed by atoms with Gasteiger partial charge in [-0.05, 0) is 81.3 Å². The number of piperidine rings is 1. The molecule has 0 aromatic heterocycles. The first-order valence-corrected chi connectivity index (χ1v) is 23.2. The van der Waals surface area contributed by atoms with E-state index in [0.717, 1.165) is 22.4 Å². The zero-order valence-electron chi connectivity index (χ0n) is 37.0. The van der Waals surface area contributed by atoms with Gasteiger partial charge >= 0.3 is 0 Å². The molecule has 7 N–H and O–H groups in total. The number of nitrogens with zero attached hydrogens (tertiary/aromatic N) is 1. The van der Waals surface area contributed by atoms with Crippen LogP contribution < -0.4 is 31.9 Å². The number of aliphatic hydroxyl groups excluding tert-OH is 1. The number of benzene rings is 3. The Hall–Kier alpha value is -5.10. The van der Waals surface area contributed by atoms with E-state index in [2.05, 4.69) is 31.9 Å². The predicted octanol–water partition coefficient (Wildman–Crippen LogP) is 3.57. The van der Waals surface area contributed by atoms with E-state index in [1.165, 1.54) is 0 Å². The molecule has 16 nitrogen and oxygen atoms in total. The van der Waals surface area contributed by atoms with E-state index >= 15 is 0 Å². The van der Waals surface area contributed by atoms with Gasteiger partial charge in [0.2, 0.25) is 23.6 Å². The quantitative estimate of drug-likeness (QED) is 0.0919. The highest BCUT2D eigenvalue weighted by molar-refractivity contribution is 6.31. The monoisotopic (exact) mass is 913 g/mol. The van der Waals surface area contributed by atoms with Crippen molar-refractivity contribution in [2.24, 2.45) is 5.92 Å². The third-order valence-electron chi connectivity index (χ3n) is 13.8. The van der Waals surface area contributed by atoms with Crippen molar-refractivity contribution in [3.63, 3.8) is 0 Å². The van der Waals surface area contributed by atoms with E-state index in [0.29, 0.717) is 108 Å². The molecular formula is C48H60ClN7O9. The fraction of sp³-hybridized carbons (Fsp3) is 0.521. The third kappa shape index (κ3) is 9.61. The van der Waals surface area contributed by atoms with Crippen LogP contribution >= 0.6 is 11.6 Å². The molecule has 2 unspecified atom stereocenters. The molecule has 65 heavy (non-hydrogen) atoms. The van der Waals surface area contributed by atoms with E-state index in [1.54, 1.807) is 23.1 Å². The Labute approximate surface area is 384 Å². The van der Waals surface area contributed by atoms with E-state index in [1.807, 2.05) is 62.4 Å². The van der Waals surface area contributed by atoms with Gasteiger partial charge in [0.05, 0.1) is 51.7 Å². The molecule has 8 rings (SSSR count). The summed E-state index contributed by atoms with van der Waals surface area (Å²) >= 11 is 6.33. The molecule has 4 aliphatic heterocycles. The minimum Gasteiger partial charge on any atom is -0.382 e. The Morgan fingerprint density at radius 1 is 0.846 bits per heavy atom. The Kier molecular flexibility index (Phi) is 14.4. The first-order valence-electron chi connectivity index (χ1n) is 22.8. The summed E-state index contributed by atoms with van der Waals surface area (Å²) in [6, 6.07) is 19.5. The number of carbonyl (C=O) groups is 5. The van der Waals surface area contributed by atoms with Gasteiger partial charge in [-0.3, -0.25) is 29.3 Å². The second-order valence-corrected chi connectivity index (χ2v) is 18.5. The Balaban J connectivity index is 0.690. The third-order valence-corrected chi connectivity index (χ3v) is 14.0. The topological polar surface area (TPSA) is 209 Å².